The van der Waals surface area contributed by atoms with Crippen molar-refractivity contribution in [1.82, 2.24) is 29.7 Å². The number of aromatic amines is 1. The van der Waals surface area contributed by atoms with Gasteiger partial charge < -0.3 is 15.0 Å². The monoisotopic (exact) mass is 397 g/mol. The standard InChI is InChI=1S/C19H20ClN7O/c1-10-13(20)7-12(17(28-4)15(10)14-5-6-25-27(14)3)11(2)26-19-16-18(22-8-21-16)23-9-24-19/h5-9,11H,1-4H3,(H2,21,22,23,24,26). The summed E-state index contributed by atoms with van der Waals surface area (Å²) in [5.41, 5.74) is 5.07. The molecule has 1 atom stereocenters. The summed E-state index contributed by atoms with van der Waals surface area (Å²) in [4.78, 5) is 15.7. The van der Waals surface area contributed by atoms with E-state index in [9.17, 15) is 0 Å². The third kappa shape index (κ3) is 2.95. The van der Waals surface area contributed by atoms with Gasteiger partial charge in [0, 0.05) is 29.4 Å². The summed E-state index contributed by atoms with van der Waals surface area (Å²) in [6, 6.07) is 3.74. The number of anilines is 1. The number of ether oxygens (including phenoxy) is 1. The predicted molar refractivity (Wildman–Crippen MR) is 109 cm³/mol. The maximum atomic E-state index is 6.59. The van der Waals surface area contributed by atoms with E-state index in [1.165, 1.54) is 6.33 Å². The average Bonchev–Trinajstić information content (AvgIpc) is 3.32. The van der Waals surface area contributed by atoms with Gasteiger partial charge in [0.15, 0.2) is 11.5 Å². The van der Waals surface area contributed by atoms with Crippen molar-refractivity contribution in [3.05, 3.63) is 47.1 Å². The summed E-state index contributed by atoms with van der Waals surface area (Å²) >= 11 is 6.59. The minimum Gasteiger partial charge on any atom is -0.496 e. The molecule has 0 saturated heterocycles. The fourth-order valence-corrected chi connectivity index (χ4v) is 3.58. The predicted octanol–water partition coefficient (Wildman–Crippen LogP) is 3.90. The lowest BCUT2D eigenvalue weighted by atomic mass is 9.96. The number of aryl methyl sites for hydroxylation is 1. The van der Waals surface area contributed by atoms with E-state index >= 15 is 0 Å². The zero-order chi connectivity index (χ0) is 19.8. The number of aromatic nitrogens is 6. The Balaban J connectivity index is 1.82. The number of fused-ring (bicyclic) bond motifs is 1. The van der Waals surface area contributed by atoms with Crippen molar-refractivity contribution in [2.45, 2.75) is 19.9 Å². The normalized spacial score (nSPS) is 12.3. The first-order valence-corrected chi connectivity index (χ1v) is 9.15. The fraction of sp³-hybridized carbons (Fsp3) is 0.263. The van der Waals surface area contributed by atoms with Gasteiger partial charge in [0.05, 0.1) is 25.2 Å². The van der Waals surface area contributed by atoms with Gasteiger partial charge in [0.1, 0.15) is 17.6 Å². The molecule has 8 nitrogen and oxygen atoms in total. The Morgan fingerprint density at radius 1 is 1.29 bits per heavy atom. The van der Waals surface area contributed by atoms with Crippen LogP contribution in [0, 0.1) is 6.92 Å². The molecular weight excluding hydrogens is 378 g/mol. The van der Waals surface area contributed by atoms with Gasteiger partial charge in [-0.3, -0.25) is 4.68 Å². The number of H-pyrrole nitrogens is 1. The van der Waals surface area contributed by atoms with Gasteiger partial charge in [-0.15, -0.1) is 0 Å². The average molecular weight is 398 g/mol. The minimum atomic E-state index is -0.138. The Bertz CT molecular complexity index is 1150. The molecule has 0 amide bonds. The lowest BCUT2D eigenvalue weighted by Crippen LogP contribution is -2.11. The number of imidazole rings is 1. The molecule has 0 aliphatic carbocycles. The number of hydrogen-bond donors (Lipinski definition) is 2. The Kier molecular flexibility index (Phi) is 4.64. The molecule has 0 fully saturated rings. The summed E-state index contributed by atoms with van der Waals surface area (Å²) in [5, 5.41) is 8.36. The Morgan fingerprint density at radius 2 is 2.11 bits per heavy atom. The Labute approximate surface area is 166 Å². The molecule has 4 rings (SSSR count). The molecule has 0 spiro atoms. The van der Waals surface area contributed by atoms with Gasteiger partial charge in [0.2, 0.25) is 0 Å². The van der Waals surface area contributed by atoms with Crippen LogP contribution in [0.1, 0.15) is 24.1 Å². The second-order valence-corrected chi connectivity index (χ2v) is 6.92. The lowest BCUT2D eigenvalue weighted by Gasteiger charge is -2.22. The van der Waals surface area contributed by atoms with Crippen LogP contribution in [0.4, 0.5) is 5.82 Å². The van der Waals surface area contributed by atoms with Gasteiger partial charge in [0.25, 0.3) is 0 Å². The van der Waals surface area contributed by atoms with Crippen molar-refractivity contribution in [2.75, 3.05) is 12.4 Å². The highest BCUT2D eigenvalue weighted by atomic mass is 35.5. The van der Waals surface area contributed by atoms with E-state index in [4.69, 9.17) is 16.3 Å². The molecule has 0 radical (unpaired) electrons. The molecule has 28 heavy (non-hydrogen) atoms. The second-order valence-electron chi connectivity index (χ2n) is 6.51. The third-order valence-corrected chi connectivity index (χ3v) is 5.22. The number of methoxy groups -OCH3 is 1. The van der Waals surface area contributed by atoms with E-state index < -0.39 is 0 Å². The highest BCUT2D eigenvalue weighted by Crippen LogP contribution is 2.42. The number of nitrogens with zero attached hydrogens (tertiary/aromatic N) is 5. The van der Waals surface area contributed by atoms with Gasteiger partial charge in [-0.05, 0) is 31.5 Å². The van der Waals surface area contributed by atoms with Crippen molar-refractivity contribution in [3.63, 3.8) is 0 Å². The molecule has 3 aromatic heterocycles. The highest BCUT2D eigenvalue weighted by Gasteiger charge is 2.23. The summed E-state index contributed by atoms with van der Waals surface area (Å²) in [6.45, 7) is 4.01. The number of nitrogens with one attached hydrogen (secondary N) is 2. The molecular formula is C19H20ClN7O. The van der Waals surface area contributed by atoms with Crippen LogP contribution in [-0.2, 0) is 7.05 Å². The van der Waals surface area contributed by atoms with E-state index in [0.717, 1.165) is 33.7 Å². The molecule has 0 saturated carbocycles. The van der Waals surface area contributed by atoms with Gasteiger partial charge in [-0.1, -0.05) is 11.6 Å². The molecule has 0 bridgehead atoms. The van der Waals surface area contributed by atoms with Crippen LogP contribution in [0.15, 0.2) is 31.0 Å². The van der Waals surface area contributed by atoms with Crippen molar-refractivity contribution in [1.29, 1.82) is 0 Å². The molecule has 0 aliphatic heterocycles. The van der Waals surface area contributed by atoms with Gasteiger partial charge >= 0.3 is 0 Å². The number of halogens is 1. The van der Waals surface area contributed by atoms with E-state index in [1.54, 1.807) is 19.6 Å². The molecule has 9 heteroatoms. The van der Waals surface area contributed by atoms with Gasteiger partial charge in [-0.2, -0.15) is 5.10 Å². The zero-order valence-corrected chi connectivity index (χ0v) is 16.7. The fourth-order valence-electron chi connectivity index (χ4n) is 3.37. The molecule has 2 N–H and O–H groups in total. The quantitative estimate of drug-likeness (QED) is 0.530. The topological polar surface area (TPSA) is 93.5 Å². The van der Waals surface area contributed by atoms with E-state index in [2.05, 4.69) is 30.4 Å². The van der Waals surface area contributed by atoms with Crippen LogP contribution >= 0.6 is 11.6 Å². The van der Waals surface area contributed by atoms with E-state index in [-0.39, 0.29) is 6.04 Å². The van der Waals surface area contributed by atoms with Crippen LogP contribution in [0.5, 0.6) is 5.75 Å². The summed E-state index contributed by atoms with van der Waals surface area (Å²) < 4.78 is 7.64. The molecule has 1 unspecified atom stereocenters. The number of benzene rings is 1. The van der Waals surface area contributed by atoms with Gasteiger partial charge in [-0.25, -0.2) is 15.0 Å². The van der Waals surface area contributed by atoms with Crippen LogP contribution in [0.2, 0.25) is 5.02 Å². The summed E-state index contributed by atoms with van der Waals surface area (Å²) in [6.07, 6.45) is 4.84. The highest BCUT2D eigenvalue weighted by molar-refractivity contribution is 6.32. The molecule has 4 aromatic rings. The maximum Gasteiger partial charge on any atom is 0.182 e. The first kappa shape index (κ1) is 18.2. The third-order valence-electron chi connectivity index (χ3n) is 4.83. The Hall–Kier alpha value is -3.13. The van der Waals surface area contributed by atoms with Crippen LogP contribution in [-0.4, -0.2) is 36.8 Å². The smallest absolute Gasteiger partial charge is 0.182 e. The van der Waals surface area contributed by atoms with Crippen molar-refractivity contribution in [3.8, 4) is 17.0 Å². The number of hydrogen-bond acceptors (Lipinski definition) is 6. The largest absolute Gasteiger partial charge is 0.496 e. The Morgan fingerprint density at radius 3 is 2.82 bits per heavy atom. The molecule has 3 heterocycles. The van der Waals surface area contributed by atoms with Crippen LogP contribution in [0.3, 0.4) is 0 Å². The summed E-state index contributed by atoms with van der Waals surface area (Å²) in [7, 11) is 3.56. The first-order chi connectivity index (χ1) is 13.5. The lowest BCUT2D eigenvalue weighted by molar-refractivity contribution is 0.409. The molecule has 0 aliphatic rings. The van der Waals surface area contributed by atoms with Crippen LogP contribution in [0.25, 0.3) is 22.4 Å². The SMILES string of the molecule is COc1c(C(C)Nc2ncnc3nc[nH]c23)cc(Cl)c(C)c1-c1ccnn1C. The van der Waals surface area contributed by atoms with Crippen LogP contribution < -0.4 is 10.1 Å². The van der Waals surface area contributed by atoms with Crippen molar-refractivity contribution < 1.29 is 4.74 Å². The maximum absolute atomic E-state index is 6.59. The van der Waals surface area contributed by atoms with E-state index in [0.29, 0.717) is 16.5 Å². The van der Waals surface area contributed by atoms with Crippen molar-refractivity contribution >= 4 is 28.6 Å². The van der Waals surface area contributed by atoms with Crippen molar-refractivity contribution in [2.24, 2.45) is 7.05 Å². The second kappa shape index (κ2) is 7.12. The molecule has 144 valence electrons. The number of rotatable bonds is 5. The molecule has 1 aromatic carbocycles. The summed E-state index contributed by atoms with van der Waals surface area (Å²) in [5.74, 6) is 1.41. The zero-order valence-electron chi connectivity index (χ0n) is 16.0. The minimum absolute atomic E-state index is 0.138. The van der Waals surface area contributed by atoms with E-state index in [1.807, 2.05) is 37.7 Å². The first-order valence-electron chi connectivity index (χ1n) is 8.77.